The summed E-state index contributed by atoms with van der Waals surface area (Å²) in [7, 11) is -2.86. The van der Waals surface area contributed by atoms with Gasteiger partial charge in [-0.05, 0) is 72.2 Å². The van der Waals surface area contributed by atoms with Gasteiger partial charge in [0.25, 0.3) is 0 Å². The van der Waals surface area contributed by atoms with E-state index in [2.05, 4.69) is 30.1 Å². The summed E-state index contributed by atoms with van der Waals surface area (Å²) in [6.07, 6.45) is 1.51. The van der Waals surface area contributed by atoms with Crippen molar-refractivity contribution in [1.82, 2.24) is 39.3 Å². The average Bonchev–Trinajstić information content (AvgIpc) is 1.83. The van der Waals surface area contributed by atoms with Crippen molar-refractivity contribution in [1.29, 1.82) is 0 Å². The second-order valence-corrected chi connectivity index (χ2v) is 25.9. The molecule has 3 aromatic carbocycles. The number of pyridine rings is 1. The predicted molar refractivity (Wildman–Crippen MR) is 319 cm³/mol. The van der Waals surface area contributed by atoms with Crippen molar-refractivity contribution < 1.29 is 59.8 Å². The lowest BCUT2D eigenvalue weighted by atomic mass is 9.85. The molecule has 0 bridgehead atoms. The van der Waals surface area contributed by atoms with Crippen LogP contribution in [0.4, 0.5) is 24.5 Å². The van der Waals surface area contributed by atoms with Crippen molar-refractivity contribution >= 4 is 73.3 Å². The van der Waals surface area contributed by atoms with Crippen LogP contribution >= 0.6 is 11.3 Å². The molecule has 4 atom stereocenters. The van der Waals surface area contributed by atoms with E-state index in [0.717, 1.165) is 75.6 Å². The third-order valence-corrected chi connectivity index (χ3v) is 18.8. The zero-order chi connectivity index (χ0) is 61.0. The molecule has 3 aromatic heterocycles. The Bertz CT molecular complexity index is 3570. The quantitative estimate of drug-likeness (QED) is 0.0349. The molecule has 2 amide bonds. The number of benzene rings is 3. The van der Waals surface area contributed by atoms with Gasteiger partial charge in [-0.3, -0.25) is 33.7 Å². The first kappa shape index (κ1) is 61.9. The zero-order valence-electron chi connectivity index (χ0n) is 48.7. The van der Waals surface area contributed by atoms with E-state index in [1.807, 2.05) is 91.4 Å². The lowest BCUT2D eigenvalue weighted by Gasteiger charge is -2.48. The van der Waals surface area contributed by atoms with Gasteiger partial charge in [-0.2, -0.15) is 12.7 Å². The van der Waals surface area contributed by atoms with E-state index in [0.29, 0.717) is 42.7 Å². The van der Waals surface area contributed by atoms with E-state index in [4.69, 9.17) is 14.2 Å². The molecule has 0 unspecified atom stereocenters. The van der Waals surface area contributed by atoms with E-state index in [1.165, 1.54) is 18.2 Å². The number of carbonyl (C=O) groups excluding carboxylic acids is 5. The average molecular weight is 1230 g/mol. The first-order valence-electron chi connectivity index (χ1n) is 28.8. The summed E-state index contributed by atoms with van der Waals surface area (Å²) < 4.78 is 89.7. The number of anilines is 2. The highest BCUT2D eigenvalue weighted by molar-refractivity contribution is 7.90. The lowest BCUT2D eigenvalue weighted by molar-refractivity contribution is -0.155. The van der Waals surface area contributed by atoms with E-state index in [-0.39, 0.29) is 75.4 Å². The molecule has 0 saturated carbocycles. The van der Waals surface area contributed by atoms with Gasteiger partial charge in [0.15, 0.2) is 11.6 Å². The number of carbonyl (C=O) groups is 5. The summed E-state index contributed by atoms with van der Waals surface area (Å²) in [6, 6.07) is 17.6. The standard InChI is InChI=1S/C61H71F3N10O10S2/c1-37-57(85-36-67-37)40-9-6-38(7-10-40)8-17-51(75)50-27-45(84-53(77)35-83-25-24-82-5)33-74(50)60(79)58(61(2,3)4)68-52(76)34-70-31-44(32-70)72-22-20-71(21-23-72)43-13-11-39(12-14-43)41-26-46-47(29-66-59(46)65-28-41)56(78)54-48(63)15-16-49(55(54)64)69-86(80,81)73-19-18-42(62)30-73/h6-7,9-16,26,28-29,36,42,44-45,50,58,69H,8,17-25,27,30-35H2,1-5H3,(H,65,66)(H,68,76)/t42-,45-,50+,58-/m1/s1. The van der Waals surface area contributed by atoms with Crippen LogP contribution in [-0.2, 0) is 50.0 Å². The molecule has 20 nitrogen and oxygen atoms in total. The van der Waals surface area contributed by atoms with Crippen LogP contribution in [0.1, 0.15) is 67.2 Å². The predicted octanol–water partition coefficient (Wildman–Crippen LogP) is 6.59. The Morgan fingerprint density at radius 2 is 1.62 bits per heavy atom. The fourth-order valence-corrected chi connectivity index (χ4v) is 13.6. The molecular weight excluding hydrogens is 1150 g/mol. The van der Waals surface area contributed by atoms with Crippen molar-refractivity contribution in [3.63, 3.8) is 0 Å². The highest BCUT2D eigenvalue weighted by atomic mass is 32.2. The number of alkyl halides is 1. The molecule has 10 rings (SSSR count). The molecule has 25 heteroatoms. The van der Waals surface area contributed by atoms with Crippen LogP contribution in [0.5, 0.6) is 0 Å². The Balaban J connectivity index is 0.715. The van der Waals surface area contributed by atoms with Crippen LogP contribution in [-0.4, -0.2) is 195 Å². The molecule has 458 valence electrons. The number of aromatic nitrogens is 3. The number of hydrogen-bond acceptors (Lipinski definition) is 16. The van der Waals surface area contributed by atoms with Crippen molar-refractivity contribution in [3.05, 3.63) is 119 Å². The maximum absolute atomic E-state index is 15.9. The van der Waals surface area contributed by atoms with Crippen LogP contribution in [0.15, 0.2) is 84.6 Å². The van der Waals surface area contributed by atoms with Crippen LogP contribution in [0, 0.1) is 24.0 Å². The van der Waals surface area contributed by atoms with Crippen molar-refractivity contribution in [2.45, 2.75) is 83.8 Å². The monoisotopic (exact) mass is 1220 g/mol. The van der Waals surface area contributed by atoms with Crippen molar-refractivity contribution in [3.8, 4) is 21.6 Å². The summed E-state index contributed by atoms with van der Waals surface area (Å²) in [4.78, 5) is 90.4. The van der Waals surface area contributed by atoms with Crippen molar-refractivity contribution in [2.75, 3.05) is 102 Å². The largest absolute Gasteiger partial charge is 0.459 e. The summed E-state index contributed by atoms with van der Waals surface area (Å²) >= 11 is 1.57. The number of esters is 1. The number of nitrogens with one attached hydrogen (secondary N) is 3. The number of halogens is 3. The number of aromatic amines is 1. The van der Waals surface area contributed by atoms with Gasteiger partial charge in [-0.1, -0.05) is 57.2 Å². The van der Waals surface area contributed by atoms with E-state index in [1.54, 1.807) is 23.6 Å². The number of thiazole rings is 1. The molecule has 86 heavy (non-hydrogen) atoms. The molecule has 4 saturated heterocycles. The minimum atomic E-state index is -4.39. The Labute approximate surface area is 501 Å². The Morgan fingerprint density at radius 3 is 2.29 bits per heavy atom. The normalized spacial score (nSPS) is 19.4. The summed E-state index contributed by atoms with van der Waals surface area (Å²) in [6.45, 7) is 11.7. The third kappa shape index (κ3) is 14.1. The second-order valence-electron chi connectivity index (χ2n) is 23.4. The molecule has 0 aliphatic carbocycles. The number of aryl methyl sites for hydroxylation is 2. The van der Waals surface area contributed by atoms with Gasteiger partial charge in [0, 0.05) is 113 Å². The second kappa shape index (κ2) is 26.5. The van der Waals surface area contributed by atoms with Gasteiger partial charge in [-0.25, -0.2) is 27.9 Å². The number of likely N-dealkylation sites (tertiary alicyclic amines) is 2. The molecule has 4 fully saturated rings. The molecule has 6 aromatic rings. The number of amides is 2. The first-order chi connectivity index (χ1) is 41.1. The maximum atomic E-state index is 15.9. The molecule has 3 N–H and O–H groups in total. The summed E-state index contributed by atoms with van der Waals surface area (Å²) in [5.41, 5.74) is 5.06. The van der Waals surface area contributed by atoms with Gasteiger partial charge in [0.2, 0.25) is 17.6 Å². The number of ether oxygens (including phenoxy) is 3. The Kier molecular flexibility index (Phi) is 19.1. The van der Waals surface area contributed by atoms with Crippen LogP contribution < -0.4 is 14.9 Å². The summed E-state index contributed by atoms with van der Waals surface area (Å²) in [5.74, 6) is -5.13. The topological polar surface area (TPSA) is 229 Å². The van der Waals surface area contributed by atoms with Crippen LogP contribution in [0.3, 0.4) is 0 Å². The maximum Gasteiger partial charge on any atom is 0.332 e. The Hall–Kier alpha value is -7.13. The lowest BCUT2D eigenvalue weighted by Crippen LogP contribution is -2.65. The first-order valence-corrected chi connectivity index (χ1v) is 31.1. The van der Waals surface area contributed by atoms with Gasteiger partial charge in [-0.15, -0.1) is 11.3 Å². The highest BCUT2D eigenvalue weighted by Crippen LogP contribution is 2.34. The highest BCUT2D eigenvalue weighted by Gasteiger charge is 2.46. The third-order valence-electron chi connectivity index (χ3n) is 16.4. The van der Waals surface area contributed by atoms with Gasteiger partial charge < -0.3 is 34.3 Å². The molecular formula is C61H71F3N10O10S2. The number of fused-ring (bicyclic) bond motifs is 1. The number of hydrogen-bond donors (Lipinski definition) is 3. The van der Waals surface area contributed by atoms with Crippen LogP contribution in [0.25, 0.3) is 32.6 Å². The zero-order valence-corrected chi connectivity index (χ0v) is 50.3. The molecule has 4 aliphatic rings. The fraction of sp³-hybridized carbons (Fsp3) is 0.459. The number of rotatable bonds is 23. The Morgan fingerprint density at radius 1 is 0.884 bits per heavy atom. The van der Waals surface area contributed by atoms with Crippen LogP contribution in [0.2, 0.25) is 0 Å². The van der Waals surface area contributed by atoms with Gasteiger partial charge in [0.05, 0.1) is 59.7 Å². The number of piperazine rings is 1. The number of Topliss-reactive ketones (excluding diaryl/α,β-unsaturated/α-hetero) is 1. The number of methoxy groups -OCH3 is 1. The number of ketones is 2. The van der Waals surface area contributed by atoms with E-state index < -0.39 is 87.1 Å². The van der Waals surface area contributed by atoms with Gasteiger partial charge >= 0.3 is 16.2 Å². The van der Waals surface area contributed by atoms with E-state index in [9.17, 15) is 36.8 Å². The van der Waals surface area contributed by atoms with E-state index >= 15 is 8.78 Å². The van der Waals surface area contributed by atoms with Gasteiger partial charge in [0.1, 0.15) is 36.4 Å². The SMILES string of the molecule is COCCOCC(=O)O[C@@H]1C[C@@H](C(=O)CCc2ccc(-c3scnc3C)cc2)N(C(=O)[C@@H](NC(=O)CN2CC(N3CCN(c4ccc(-c5cnc6[nH]cc(C(=O)c7c(F)ccc(NS(=O)(=O)N8CC[C@@H](F)C8)c7F)c6c5)cc4)CC3)C2)C(C)(C)C)C1. The minimum Gasteiger partial charge on any atom is -0.459 e. The van der Waals surface area contributed by atoms with Crippen molar-refractivity contribution in [2.24, 2.45) is 5.41 Å². The number of H-pyrrole nitrogens is 1. The molecule has 7 heterocycles. The molecule has 4 aliphatic heterocycles. The molecule has 0 radical (unpaired) electrons. The molecule has 0 spiro atoms. The number of nitrogens with zero attached hydrogens (tertiary/aromatic N) is 7. The summed E-state index contributed by atoms with van der Waals surface area (Å²) in [5, 5.41) is 3.32. The smallest absolute Gasteiger partial charge is 0.332 e. The fourth-order valence-electron chi connectivity index (χ4n) is 11.6. The minimum absolute atomic E-state index is 0.00997.